The minimum absolute atomic E-state index is 0.00713. The molecule has 31 heavy (non-hydrogen) atoms. The summed E-state index contributed by atoms with van der Waals surface area (Å²) in [7, 11) is 0. The predicted molar refractivity (Wildman–Crippen MR) is 109 cm³/mol. The molecule has 10 nitrogen and oxygen atoms in total. The number of nitrogens with two attached hydrogens (primary N) is 1. The molecule has 0 aliphatic carbocycles. The van der Waals surface area contributed by atoms with Crippen LogP contribution in [0.4, 0.5) is 20.5 Å². The molecule has 1 saturated heterocycles. The van der Waals surface area contributed by atoms with Crippen LogP contribution in [0.3, 0.4) is 0 Å². The first-order valence-corrected chi connectivity index (χ1v) is 9.67. The number of rotatable bonds is 3. The van der Waals surface area contributed by atoms with Crippen LogP contribution < -0.4 is 11.1 Å². The average Bonchev–Trinajstić information content (AvgIpc) is 3.35. The smallest absolute Gasteiger partial charge is 0.285 e. The number of amides is 1. The van der Waals surface area contributed by atoms with E-state index in [4.69, 9.17) is 5.73 Å². The lowest BCUT2D eigenvalue weighted by molar-refractivity contribution is -0.140. The van der Waals surface area contributed by atoms with Gasteiger partial charge in [-0.25, -0.2) is 22.8 Å². The molecule has 1 amide bonds. The van der Waals surface area contributed by atoms with Crippen LogP contribution in [0, 0.1) is 0 Å². The van der Waals surface area contributed by atoms with Gasteiger partial charge in [0.25, 0.3) is 5.92 Å². The number of halogens is 2. The number of carbonyl (C=O) groups excluding carboxylic acids is 1. The molecule has 1 fully saturated rings. The molecule has 5 rings (SSSR count). The maximum absolute atomic E-state index is 14.5. The third-order valence-corrected chi connectivity index (χ3v) is 5.42. The molecule has 1 aliphatic rings. The highest BCUT2D eigenvalue weighted by molar-refractivity contribution is 5.86. The van der Waals surface area contributed by atoms with Crippen LogP contribution in [-0.4, -0.2) is 65.1 Å². The molecule has 1 atom stereocenters. The third kappa shape index (κ3) is 3.29. The van der Waals surface area contributed by atoms with E-state index >= 15 is 0 Å². The van der Waals surface area contributed by atoms with E-state index in [9.17, 15) is 13.6 Å². The first-order valence-electron chi connectivity index (χ1n) is 9.67. The van der Waals surface area contributed by atoms with E-state index in [0.29, 0.717) is 22.4 Å². The highest BCUT2D eigenvalue weighted by Crippen LogP contribution is 2.31. The molecule has 0 spiro atoms. The number of anilines is 2. The minimum atomic E-state index is -3.12. The summed E-state index contributed by atoms with van der Waals surface area (Å²) < 4.78 is 32.2. The standard InChI is InChI=1S/C19H19F2N9O/c1-11(31)28-7-5-14(19(20,21)10-28)25-18-26-17(22)16-12(3-8-30(16)27-18)13-4-9-29-15(24-13)2-6-23-29/h2-4,6,8-9,14H,5,7,10H2,1H3,(H3,22,25,26,27)/t14-/m1/s1. The Kier molecular flexibility index (Phi) is 4.24. The Labute approximate surface area is 174 Å². The molecule has 3 N–H and O–H groups in total. The zero-order chi connectivity index (χ0) is 21.8. The molecule has 160 valence electrons. The molecule has 0 radical (unpaired) electrons. The van der Waals surface area contributed by atoms with Crippen molar-refractivity contribution in [1.82, 2.24) is 34.1 Å². The maximum atomic E-state index is 14.5. The summed E-state index contributed by atoms with van der Waals surface area (Å²) >= 11 is 0. The largest absolute Gasteiger partial charge is 0.382 e. The number of nitrogens with zero attached hydrogens (tertiary/aromatic N) is 7. The second-order valence-corrected chi connectivity index (χ2v) is 7.48. The summed E-state index contributed by atoms with van der Waals surface area (Å²) in [6.45, 7) is 0.871. The number of hydrogen-bond donors (Lipinski definition) is 2. The van der Waals surface area contributed by atoms with Gasteiger partial charge < -0.3 is 16.0 Å². The summed E-state index contributed by atoms with van der Waals surface area (Å²) in [5.74, 6) is -3.37. The first kappa shape index (κ1) is 19.2. The SMILES string of the molecule is CC(=O)N1CC[C@@H](Nc2nc(N)c3c(-c4ccn5nccc5n4)ccn3n2)C(F)(F)C1. The second kappa shape index (κ2) is 6.86. The van der Waals surface area contributed by atoms with E-state index in [0.717, 1.165) is 4.90 Å². The number of hydrogen-bond acceptors (Lipinski definition) is 7. The number of carbonyl (C=O) groups is 1. The van der Waals surface area contributed by atoms with Gasteiger partial charge in [0, 0.05) is 37.5 Å². The van der Waals surface area contributed by atoms with Gasteiger partial charge in [0.15, 0.2) is 11.5 Å². The molecule has 12 heteroatoms. The lowest BCUT2D eigenvalue weighted by atomic mass is 10.0. The van der Waals surface area contributed by atoms with Gasteiger partial charge in [-0.15, -0.1) is 5.10 Å². The first-order chi connectivity index (χ1) is 14.8. The summed E-state index contributed by atoms with van der Waals surface area (Å²) in [4.78, 5) is 21.3. The van der Waals surface area contributed by atoms with Crippen molar-refractivity contribution in [1.29, 1.82) is 0 Å². The van der Waals surface area contributed by atoms with Gasteiger partial charge >= 0.3 is 0 Å². The monoisotopic (exact) mass is 427 g/mol. The highest BCUT2D eigenvalue weighted by Gasteiger charge is 2.45. The van der Waals surface area contributed by atoms with Gasteiger partial charge in [-0.2, -0.15) is 10.1 Å². The van der Waals surface area contributed by atoms with Crippen LogP contribution in [0.15, 0.2) is 36.8 Å². The lowest BCUT2D eigenvalue weighted by Crippen LogP contribution is -2.55. The van der Waals surface area contributed by atoms with Crippen molar-refractivity contribution in [3.05, 3.63) is 36.8 Å². The molecule has 0 bridgehead atoms. The van der Waals surface area contributed by atoms with Crippen molar-refractivity contribution in [3.63, 3.8) is 0 Å². The molecule has 0 unspecified atom stereocenters. The molecule has 4 aromatic heterocycles. The molecule has 0 saturated carbocycles. The number of piperidine rings is 1. The fourth-order valence-electron chi connectivity index (χ4n) is 3.82. The van der Waals surface area contributed by atoms with E-state index in [1.54, 1.807) is 41.3 Å². The van der Waals surface area contributed by atoms with Gasteiger partial charge in [-0.1, -0.05) is 0 Å². The van der Waals surface area contributed by atoms with Crippen LogP contribution in [0.5, 0.6) is 0 Å². The van der Waals surface area contributed by atoms with E-state index in [1.165, 1.54) is 11.4 Å². The molecule has 1 aliphatic heterocycles. The second-order valence-electron chi connectivity index (χ2n) is 7.48. The molecule has 0 aromatic carbocycles. The predicted octanol–water partition coefficient (Wildman–Crippen LogP) is 1.69. The Morgan fingerprint density at radius 1 is 1.23 bits per heavy atom. The zero-order valence-corrected chi connectivity index (χ0v) is 16.5. The fourth-order valence-corrected chi connectivity index (χ4v) is 3.82. The van der Waals surface area contributed by atoms with E-state index in [-0.39, 0.29) is 30.6 Å². The van der Waals surface area contributed by atoms with Gasteiger partial charge in [-0.05, 0) is 18.6 Å². The van der Waals surface area contributed by atoms with E-state index in [1.807, 2.05) is 0 Å². The van der Waals surface area contributed by atoms with Crippen LogP contribution in [0.2, 0.25) is 0 Å². The Morgan fingerprint density at radius 3 is 2.81 bits per heavy atom. The zero-order valence-electron chi connectivity index (χ0n) is 16.5. The topological polar surface area (TPSA) is 119 Å². The quantitative estimate of drug-likeness (QED) is 0.511. The van der Waals surface area contributed by atoms with Crippen LogP contribution >= 0.6 is 0 Å². The van der Waals surface area contributed by atoms with Crippen LogP contribution in [0.1, 0.15) is 13.3 Å². The third-order valence-electron chi connectivity index (χ3n) is 5.42. The van der Waals surface area contributed by atoms with Gasteiger partial charge in [-0.3, -0.25) is 4.79 Å². The molecule has 5 heterocycles. The summed E-state index contributed by atoms with van der Waals surface area (Å²) in [6, 6.07) is 4.16. The molecule has 4 aromatic rings. The number of likely N-dealkylation sites (tertiary alicyclic amines) is 1. The summed E-state index contributed by atoms with van der Waals surface area (Å²) in [5, 5.41) is 11.1. The Hall–Kier alpha value is -3.83. The number of fused-ring (bicyclic) bond motifs is 2. The van der Waals surface area contributed by atoms with Crippen LogP contribution in [0.25, 0.3) is 22.4 Å². The Balaban J connectivity index is 1.45. The van der Waals surface area contributed by atoms with E-state index < -0.39 is 18.5 Å². The Bertz CT molecular complexity index is 1300. The minimum Gasteiger partial charge on any atom is -0.382 e. The number of nitrogen functional groups attached to an aromatic ring is 1. The van der Waals surface area contributed by atoms with Gasteiger partial charge in [0.1, 0.15) is 5.52 Å². The normalized spacial score (nSPS) is 18.5. The molecular formula is C19H19F2N9O. The van der Waals surface area contributed by atoms with Crippen molar-refractivity contribution >= 4 is 28.8 Å². The average molecular weight is 427 g/mol. The van der Waals surface area contributed by atoms with Crippen molar-refractivity contribution in [2.24, 2.45) is 0 Å². The van der Waals surface area contributed by atoms with Crippen molar-refractivity contribution < 1.29 is 13.6 Å². The maximum Gasteiger partial charge on any atom is 0.285 e. The number of aromatic nitrogens is 6. The van der Waals surface area contributed by atoms with Crippen LogP contribution in [-0.2, 0) is 4.79 Å². The fraction of sp³-hybridized carbons (Fsp3) is 0.316. The van der Waals surface area contributed by atoms with Gasteiger partial charge in [0.2, 0.25) is 11.9 Å². The van der Waals surface area contributed by atoms with Crippen molar-refractivity contribution in [3.8, 4) is 11.3 Å². The number of nitrogens with one attached hydrogen (secondary N) is 1. The lowest BCUT2D eigenvalue weighted by Gasteiger charge is -2.38. The van der Waals surface area contributed by atoms with Crippen molar-refractivity contribution in [2.45, 2.75) is 25.3 Å². The Morgan fingerprint density at radius 2 is 2.03 bits per heavy atom. The van der Waals surface area contributed by atoms with Gasteiger partial charge in [0.05, 0.1) is 24.5 Å². The summed E-state index contributed by atoms with van der Waals surface area (Å²) in [6.07, 6.45) is 5.17. The number of alkyl halides is 2. The summed E-state index contributed by atoms with van der Waals surface area (Å²) in [5.41, 5.74) is 8.75. The highest BCUT2D eigenvalue weighted by atomic mass is 19.3. The molecular weight excluding hydrogens is 408 g/mol. The van der Waals surface area contributed by atoms with Crippen molar-refractivity contribution in [2.75, 3.05) is 24.1 Å². The van der Waals surface area contributed by atoms with E-state index in [2.05, 4.69) is 25.5 Å².